The molecule has 7 nitrogen and oxygen atoms in total. The SMILES string of the molecule is Fc1ccc2c(C3CCN(CCCC4=Cc5ccccc54)CC3)noc2c1.O=C(O)/C=C/C(=O)O. The summed E-state index contributed by atoms with van der Waals surface area (Å²) < 4.78 is 18.7. The third-order valence-electron chi connectivity index (χ3n) is 6.36. The van der Waals surface area contributed by atoms with Crippen LogP contribution in [-0.4, -0.2) is 51.8 Å². The lowest BCUT2D eigenvalue weighted by molar-refractivity contribution is -0.134. The van der Waals surface area contributed by atoms with E-state index in [1.165, 1.54) is 35.3 Å². The molecule has 0 amide bonds. The number of aromatic nitrogens is 1. The van der Waals surface area contributed by atoms with E-state index in [1.807, 2.05) is 0 Å². The van der Waals surface area contributed by atoms with Gasteiger partial charge >= 0.3 is 11.9 Å². The summed E-state index contributed by atoms with van der Waals surface area (Å²) in [4.78, 5) is 21.7. The quantitative estimate of drug-likeness (QED) is 0.450. The summed E-state index contributed by atoms with van der Waals surface area (Å²) in [5.41, 5.74) is 5.88. The summed E-state index contributed by atoms with van der Waals surface area (Å²) >= 11 is 0. The van der Waals surface area contributed by atoms with Crippen molar-refractivity contribution in [3.05, 3.63) is 77.3 Å². The maximum atomic E-state index is 13.3. The highest BCUT2D eigenvalue weighted by Gasteiger charge is 2.25. The molecule has 8 heteroatoms. The van der Waals surface area contributed by atoms with Gasteiger partial charge in [-0.25, -0.2) is 14.0 Å². The van der Waals surface area contributed by atoms with E-state index in [0.29, 0.717) is 23.7 Å². The molecule has 5 rings (SSSR count). The normalized spacial score (nSPS) is 15.7. The van der Waals surface area contributed by atoms with Crippen LogP contribution < -0.4 is 0 Å². The highest BCUT2D eigenvalue weighted by atomic mass is 19.1. The first-order chi connectivity index (χ1) is 16.9. The molecule has 0 saturated carbocycles. The van der Waals surface area contributed by atoms with E-state index < -0.39 is 11.9 Å². The molecule has 2 heterocycles. The molecular weight excluding hydrogens is 451 g/mol. The second kappa shape index (κ2) is 11.1. The van der Waals surface area contributed by atoms with Crippen LogP contribution in [-0.2, 0) is 9.59 Å². The van der Waals surface area contributed by atoms with E-state index in [-0.39, 0.29) is 5.82 Å². The van der Waals surface area contributed by atoms with Gasteiger partial charge in [-0.2, -0.15) is 0 Å². The number of hydrogen-bond donors (Lipinski definition) is 2. The topological polar surface area (TPSA) is 104 Å². The van der Waals surface area contributed by atoms with Crippen molar-refractivity contribution in [3.63, 3.8) is 0 Å². The zero-order valence-electron chi connectivity index (χ0n) is 19.2. The first kappa shape index (κ1) is 24.3. The summed E-state index contributed by atoms with van der Waals surface area (Å²) in [6.07, 6.45) is 7.98. The number of likely N-dealkylation sites (tertiary alicyclic amines) is 1. The summed E-state index contributed by atoms with van der Waals surface area (Å²) in [5, 5.41) is 20.8. The summed E-state index contributed by atoms with van der Waals surface area (Å²) in [6, 6.07) is 13.4. The average molecular weight is 479 g/mol. The van der Waals surface area contributed by atoms with Gasteiger partial charge < -0.3 is 19.6 Å². The lowest BCUT2D eigenvalue weighted by atomic mass is 9.86. The molecule has 1 aliphatic heterocycles. The van der Waals surface area contributed by atoms with Crippen molar-refractivity contribution in [1.29, 1.82) is 0 Å². The van der Waals surface area contributed by atoms with Crippen molar-refractivity contribution >= 4 is 34.6 Å². The van der Waals surface area contributed by atoms with Crippen molar-refractivity contribution in [2.45, 2.75) is 31.6 Å². The summed E-state index contributed by atoms with van der Waals surface area (Å²) in [7, 11) is 0. The predicted octanol–water partition coefficient (Wildman–Crippen LogP) is 5.19. The lowest BCUT2D eigenvalue weighted by Gasteiger charge is -2.31. The molecule has 3 aromatic rings. The molecule has 2 N–H and O–H groups in total. The molecule has 0 bridgehead atoms. The van der Waals surface area contributed by atoms with Crippen LogP contribution in [0, 0.1) is 5.82 Å². The van der Waals surface area contributed by atoms with Crippen LogP contribution >= 0.6 is 0 Å². The Labute approximate surface area is 202 Å². The monoisotopic (exact) mass is 478 g/mol. The standard InChI is InChI=1S/C23H23FN2O.C4H4O4/c24-19-7-8-21-22(15-19)27-25-23(21)16-9-12-26(13-10-16)11-3-5-18-14-17-4-1-2-6-20(17)18;5-3(6)1-2-4(7)8/h1-2,4,6-8,14-16H,3,5,9-13H2;1-2H,(H,5,6)(H,7,8)/b;2-1+. The average Bonchev–Trinajstić information content (AvgIpc) is 3.24. The number of carbonyl (C=O) groups is 2. The maximum Gasteiger partial charge on any atom is 0.328 e. The molecule has 1 aromatic heterocycles. The zero-order valence-corrected chi connectivity index (χ0v) is 19.2. The number of benzene rings is 2. The number of carboxylic acids is 2. The Hall–Kier alpha value is -3.78. The fraction of sp³-hybridized carbons (Fsp3) is 0.296. The molecule has 0 unspecified atom stereocenters. The Morgan fingerprint density at radius 2 is 1.80 bits per heavy atom. The van der Waals surface area contributed by atoms with Crippen LogP contribution in [0.3, 0.4) is 0 Å². The minimum absolute atomic E-state index is 0.274. The second-order valence-electron chi connectivity index (χ2n) is 8.69. The van der Waals surface area contributed by atoms with E-state index in [4.69, 9.17) is 14.7 Å². The van der Waals surface area contributed by atoms with E-state index in [0.717, 1.165) is 50.0 Å². The summed E-state index contributed by atoms with van der Waals surface area (Å²) in [5.74, 6) is -2.38. The number of nitrogens with zero attached hydrogens (tertiary/aromatic N) is 2. The minimum Gasteiger partial charge on any atom is -0.478 e. The van der Waals surface area contributed by atoms with Crippen LogP contribution in [0.15, 0.2) is 59.1 Å². The van der Waals surface area contributed by atoms with Gasteiger partial charge in [0.15, 0.2) is 5.58 Å². The van der Waals surface area contributed by atoms with Gasteiger partial charge in [0.1, 0.15) is 5.82 Å². The smallest absolute Gasteiger partial charge is 0.328 e. The number of fused-ring (bicyclic) bond motifs is 2. The Balaban J connectivity index is 0.000000314. The number of halogens is 1. The van der Waals surface area contributed by atoms with Crippen LogP contribution in [0.4, 0.5) is 4.39 Å². The van der Waals surface area contributed by atoms with Crippen molar-refractivity contribution in [2.75, 3.05) is 19.6 Å². The Kier molecular flexibility index (Phi) is 7.72. The first-order valence-corrected chi connectivity index (χ1v) is 11.6. The van der Waals surface area contributed by atoms with Crippen molar-refractivity contribution in [3.8, 4) is 0 Å². The van der Waals surface area contributed by atoms with E-state index in [1.54, 1.807) is 6.07 Å². The van der Waals surface area contributed by atoms with Gasteiger partial charge in [0.2, 0.25) is 0 Å². The highest BCUT2D eigenvalue weighted by molar-refractivity contribution is 5.95. The lowest BCUT2D eigenvalue weighted by Crippen LogP contribution is -2.33. The van der Waals surface area contributed by atoms with Crippen LogP contribution in [0.1, 0.15) is 48.4 Å². The number of allylic oxidation sites excluding steroid dienone is 1. The Morgan fingerprint density at radius 1 is 1.09 bits per heavy atom. The molecule has 35 heavy (non-hydrogen) atoms. The number of piperidine rings is 1. The third kappa shape index (κ3) is 6.22. The predicted molar refractivity (Wildman–Crippen MR) is 130 cm³/mol. The molecule has 2 aromatic carbocycles. The molecule has 182 valence electrons. The van der Waals surface area contributed by atoms with Gasteiger partial charge in [-0.1, -0.05) is 35.5 Å². The van der Waals surface area contributed by atoms with Crippen molar-refractivity contribution in [1.82, 2.24) is 10.1 Å². The van der Waals surface area contributed by atoms with Crippen LogP contribution in [0.25, 0.3) is 22.6 Å². The van der Waals surface area contributed by atoms with Crippen molar-refractivity contribution in [2.24, 2.45) is 0 Å². The van der Waals surface area contributed by atoms with Gasteiger partial charge in [0, 0.05) is 29.5 Å². The van der Waals surface area contributed by atoms with Gasteiger partial charge in [-0.05, 0) is 74.2 Å². The Morgan fingerprint density at radius 3 is 2.49 bits per heavy atom. The molecule has 1 aliphatic carbocycles. The minimum atomic E-state index is -1.26. The molecule has 0 radical (unpaired) electrons. The van der Waals surface area contributed by atoms with Crippen LogP contribution in [0.2, 0.25) is 0 Å². The first-order valence-electron chi connectivity index (χ1n) is 11.6. The molecule has 1 fully saturated rings. The number of aliphatic carboxylic acids is 2. The van der Waals surface area contributed by atoms with Crippen LogP contribution in [0.5, 0.6) is 0 Å². The number of hydrogen-bond acceptors (Lipinski definition) is 5. The number of carboxylic acid groups (broad SMARTS) is 2. The van der Waals surface area contributed by atoms with E-state index in [9.17, 15) is 14.0 Å². The molecule has 1 saturated heterocycles. The molecule has 2 aliphatic rings. The third-order valence-corrected chi connectivity index (χ3v) is 6.36. The second-order valence-corrected chi connectivity index (χ2v) is 8.69. The van der Waals surface area contributed by atoms with E-state index in [2.05, 4.69) is 40.4 Å². The fourth-order valence-corrected chi connectivity index (χ4v) is 4.60. The van der Waals surface area contributed by atoms with Gasteiger partial charge in [0.25, 0.3) is 0 Å². The van der Waals surface area contributed by atoms with E-state index >= 15 is 0 Å². The maximum absolute atomic E-state index is 13.3. The Bertz CT molecular complexity index is 1260. The van der Waals surface area contributed by atoms with Gasteiger partial charge in [0.05, 0.1) is 5.69 Å². The van der Waals surface area contributed by atoms with Gasteiger partial charge in [-0.15, -0.1) is 0 Å². The van der Waals surface area contributed by atoms with Crippen molar-refractivity contribution < 1.29 is 28.7 Å². The number of rotatable bonds is 7. The van der Waals surface area contributed by atoms with Gasteiger partial charge in [-0.3, -0.25) is 0 Å². The molecule has 0 atom stereocenters. The molecule has 0 spiro atoms. The largest absolute Gasteiger partial charge is 0.478 e. The zero-order chi connectivity index (χ0) is 24.8. The highest BCUT2D eigenvalue weighted by Crippen LogP contribution is 2.36. The molecular formula is C27H27FN2O5. The fourth-order valence-electron chi connectivity index (χ4n) is 4.60. The summed E-state index contributed by atoms with van der Waals surface area (Å²) in [6.45, 7) is 3.34.